The second kappa shape index (κ2) is 8.27. The van der Waals surface area contributed by atoms with Crippen LogP contribution in [-0.4, -0.2) is 47.1 Å². The zero-order chi connectivity index (χ0) is 22.0. The van der Waals surface area contributed by atoms with Crippen LogP contribution in [-0.2, 0) is 19.1 Å². The number of carbonyl (C=O) groups excluding carboxylic acids is 4. The predicted molar refractivity (Wildman–Crippen MR) is 105 cm³/mol. The van der Waals surface area contributed by atoms with Gasteiger partial charge < -0.3 is 28.9 Å². The molecule has 0 saturated heterocycles. The van der Waals surface area contributed by atoms with E-state index in [1.165, 1.54) is 13.8 Å². The quantitative estimate of drug-likeness (QED) is 0.585. The first-order chi connectivity index (χ1) is 14.3. The van der Waals surface area contributed by atoms with E-state index in [-0.39, 0.29) is 36.1 Å². The van der Waals surface area contributed by atoms with E-state index >= 15 is 0 Å². The van der Waals surface area contributed by atoms with E-state index in [2.05, 4.69) is 9.97 Å². The summed E-state index contributed by atoms with van der Waals surface area (Å²) in [5.41, 5.74) is 0.810. The second-order valence-corrected chi connectivity index (χ2v) is 6.23. The topological polar surface area (TPSA) is 137 Å². The summed E-state index contributed by atoms with van der Waals surface area (Å²) in [4.78, 5) is 53.5. The van der Waals surface area contributed by atoms with Crippen molar-refractivity contribution in [3.05, 3.63) is 23.5 Å². The molecule has 0 atom stereocenters. The number of carbonyl (C=O) groups is 4. The number of hydrogen-bond donors (Lipinski definition) is 2. The lowest BCUT2D eigenvalue weighted by Gasteiger charge is -2.05. The second-order valence-electron chi connectivity index (χ2n) is 6.23. The van der Waals surface area contributed by atoms with Crippen molar-refractivity contribution in [1.82, 2.24) is 9.97 Å². The third-order valence-electron chi connectivity index (χ3n) is 4.07. The Morgan fingerprint density at radius 3 is 1.47 bits per heavy atom. The van der Waals surface area contributed by atoms with Gasteiger partial charge in [-0.3, -0.25) is 9.59 Å². The maximum atomic E-state index is 12.3. The lowest BCUT2D eigenvalue weighted by atomic mass is 10.1. The molecule has 0 aliphatic heterocycles. The van der Waals surface area contributed by atoms with E-state index in [1.54, 1.807) is 26.0 Å². The maximum absolute atomic E-state index is 12.3. The van der Waals surface area contributed by atoms with Crippen molar-refractivity contribution in [3.8, 4) is 11.5 Å². The fourth-order valence-corrected chi connectivity index (χ4v) is 3.03. The van der Waals surface area contributed by atoms with Crippen molar-refractivity contribution in [2.24, 2.45) is 0 Å². The Balaban J connectivity index is 2.29. The van der Waals surface area contributed by atoms with E-state index in [1.807, 2.05) is 0 Å². The summed E-state index contributed by atoms with van der Waals surface area (Å²) in [7, 11) is 0. The van der Waals surface area contributed by atoms with Gasteiger partial charge in [-0.25, -0.2) is 9.59 Å². The number of benzene rings is 1. The Morgan fingerprint density at radius 2 is 1.13 bits per heavy atom. The summed E-state index contributed by atoms with van der Waals surface area (Å²) >= 11 is 0. The smallest absolute Gasteiger partial charge is 0.358 e. The van der Waals surface area contributed by atoms with Gasteiger partial charge in [-0.1, -0.05) is 0 Å². The fourth-order valence-electron chi connectivity index (χ4n) is 3.03. The summed E-state index contributed by atoms with van der Waals surface area (Å²) in [6, 6.07) is 3.13. The summed E-state index contributed by atoms with van der Waals surface area (Å²) in [5.74, 6) is -2.70. The van der Waals surface area contributed by atoms with E-state index in [0.29, 0.717) is 21.8 Å². The molecular weight excluding hydrogens is 396 g/mol. The van der Waals surface area contributed by atoms with Crippen LogP contribution >= 0.6 is 0 Å². The van der Waals surface area contributed by atoms with Gasteiger partial charge in [0.25, 0.3) is 0 Å². The zero-order valence-electron chi connectivity index (χ0n) is 16.8. The normalized spacial score (nSPS) is 10.8. The number of ether oxygens (including phenoxy) is 4. The Morgan fingerprint density at radius 1 is 0.733 bits per heavy atom. The van der Waals surface area contributed by atoms with Crippen LogP contribution in [0.5, 0.6) is 11.5 Å². The number of H-pyrrole nitrogens is 2. The molecule has 0 spiro atoms. The van der Waals surface area contributed by atoms with Gasteiger partial charge in [0.2, 0.25) is 0 Å². The zero-order valence-corrected chi connectivity index (χ0v) is 16.8. The first-order valence-corrected chi connectivity index (χ1v) is 9.19. The molecule has 3 rings (SSSR count). The minimum Gasteiger partial charge on any atom is -0.461 e. The molecule has 2 aromatic heterocycles. The SMILES string of the molecule is CCOC(=O)c1[nH]c2cc3[nH]c(C(=O)OCC)c(OC(C)=O)c3cc2c1OC(C)=O. The number of fused-ring (bicyclic) bond motifs is 2. The van der Waals surface area contributed by atoms with Crippen LogP contribution in [0.15, 0.2) is 12.1 Å². The molecule has 2 heterocycles. The Labute approximate surface area is 170 Å². The van der Waals surface area contributed by atoms with Gasteiger partial charge in [-0.05, 0) is 26.0 Å². The number of rotatable bonds is 6. The summed E-state index contributed by atoms with van der Waals surface area (Å²) < 4.78 is 20.5. The van der Waals surface area contributed by atoms with Crippen molar-refractivity contribution in [3.63, 3.8) is 0 Å². The molecule has 0 aliphatic rings. The minimum absolute atomic E-state index is 0.0227. The number of hydrogen-bond acceptors (Lipinski definition) is 8. The number of esters is 4. The van der Waals surface area contributed by atoms with Crippen LogP contribution in [0.3, 0.4) is 0 Å². The molecule has 0 unspecified atom stereocenters. The summed E-state index contributed by atoms with van der Waals surface area (Å²) in [6.45, 7) is 5.97. The number of nitrogens with one attached hydrogen (secondary N) is 2. The molecule has 0 radical (unpaired) electrons. The van der Waals surface area contributed by atoms with E-state index in [0.717, 1.165) is 0 Å². The highest BCUT2D eigenvalue weighted by atomic mass is 16.6. The van der Waals surface area contributed by atoms with Crippen molar-refractivity contribution in [1.29, 1.82) is 0 Å². The van der Waals surface area contributed by atoms with Gasteiger partial charge in [-0.15, -0.1) is 0 Å². The van der Waals surface area contributed by atoms with Crippen LogP contribution in [0.25, 0.3) is 21.8 Å². The Bertz CT molecular complexity index is 1080. The van der Waals surface area contributed by atoms with Gasteiger partial charge >= 0.3 is 23.9 Å². The highest BCUT2D eigenvalue weighted by Crippen LogP contribution is 2.38. The molecule has 0 fully saturated rings. The van der Waals surface area contributed by atoms with Crippen LogP contribution in [0.1, 0.15) is 48.7 Å². The summed E-state index contributed by atoms with van der Waals surface area (Å²) in [6.07, 6.45) is 0. The Kier molecular flexibility index (Phi) is 5.77. The molecule has 0 bridgehead atoms. The van der Waals surface area contributed by atoms with Crippen LogP contribution < -0.4 is 9.47 Å². The van der Waals surface area contributed by atoms with Crippen molar-refractivity contribution < 1.29 is 38.1 Å². The molecule has 3 aromatic rings. The van der Waals surface area contributed by atoms with Crippen molar-refractivity contribution in [2.75, 3.05) is 13.2 Å². The van der Waals surface area contributed by atoms with Gasteiger partial charge in [0.1, 0.15) is 0 Å². The highest BCUT2D eigenvalue weighted by molar-refractivity contribution is 6.10. The molecule has 1 aromatic carbocycles. The minimum atomic E-state index is -0.693. The molecule has 2 N–H and O–H groups in total. The van der Waals surface area contributed by atoms with E-state index in [9.17, 15) is 19.2 Å². The maximum Gasteiger partial charge on any atom is 0.358 e. The predicted octanol–water partition coefficient (Wildman–Crippen LogP) is 2.85. The molecule has 0 saturated carbocycles. The van der Waals surface area contributed by atoms with Gasteiger partial charge in [0, 0.05) is 24.6 Å². The Hall–Kier alpha value is -3.82. The summed E-state index contributed by atoms with van der Waals surface area (Å²) in [5, 5.41) is 0.729. The monoisotopic (exact) mass is 416 g/mol. The van der Waals surface area contributed by atoms with Crippen molar-refractivity contribution >= 4 is 45.7 Å². The van der Waals surface area contributed by atoms with Crippen LogP contribution in [0, 0.1) is 0 Å². The van der Waals surface area contributed by atoms with Crippen LogP contribution in [0.2, 0.25) is 0 Å². The number of aromatic nitrogens is 2. The van der Waals surface area contributed by atoms with Crippen LogP contribution in [0.4, 0.5) is 0 Å². The number of aromatic amines is 2. The first kappa shape index (κ1) is 20.9. The fraction of sp³-hybridized carbons (Fsp3) is 0.300. The van der Waals surface area contributed by atoms with E-state index in [4.69, 9.17) is 18.9 Å². The van der Waals surface area contributed by atoms with Crippen molar-refractivity contribution in [2.45, 2.75) is 27.7 Å². The van der Waals surface area contributed by atoms with Gasteiger partial charge in [0.15, 0.2) is 22.9 Å². The standard InChI is InChI=1S/C20H20N2O8/c1-5-27-19(25)15-17(29-9(3)23)11-7-12-14(8-13(11)21-15)22-16(20(26)28-6-2)18(12)30-10(4)24/h7-8,21-22H,5-6H2,1-4H3. The molecule has 10 heteroatoms. The molecule has 0 amide bonds. The molecular formula is C20H20N2O8. The first-order valence-electron chi connectivity index (χ1n) is 9.19. The van der Waals surface area contributed by atoms with E-state index < -0.39 is 23.9 Å². The van der Waals surface area contributed by atoms with Gasteiger partial charge in [-0.2, -0.15) is 0 Å². The average Bonchev–Trinajstić information content (AvgIpc) is 3.18. The average molecular weight is 416 g/mol. The van der Waals surface area contributed by atoms with Gasteiger partial charge in [0.05, 0.1) is 24.2 Å². The third kappa shape index (κ3) is 3.84. The third-order valence-corrected chi connectivity index (χ3v) is 4.07. The lowest BCUT2D eigenvalue weighted by molar-refractivity contribution is -0.132. The largest absolute Gasteiger partial charge is 0.461 e. The lowest BCUT2D eigenvalue weighted by Crippen LogP contribution is -2.10. The molecule has 10 nitrogen and oxygen atoms in total. The highest BCUT2D eigenvalue weighted by Gasteiger charge is 2.26. The molecule has 158 valence electrons. The molecule has 0 aliphatic carbocycles. The molecule has 30 heavy (non-hydrogen) atoms.